The largest absolute Gasteiger partial charge is 0.300 e. The molecule has 0 saturated heterocycles. The van der Waals surface area contributed by atoms with E-state index in [0.29, 0.717) is 15.7 Å². The van der Waals surface area contributed by atoms with Crippen LogP contribution >= 0.6 is 22.9 Å². The average molecular weight is 375 g/mol. The number of hydrogen-bond acceptors (Lipinski definition) is 6. The highest BCUT2D eigenvalue weighted by atomic mass is 35.5. The Morgan fingerprint density at radius 1 is 1.20 bits per heavy atom. The lowest BCUT2D eigenvalue weighted by molar-refractivity contribution is -0.384. The minimum atomic E-state index is -0.560. The molecule has 25 heavy (non-hydrogen) atoms. The molecule has 0 bridgehead atoms. The van der Waals surface area contributed by atoms with Crippen LogP contribution in [0.2, 0.25) is 5.02 Å². The number of rotatable bonds is 5. The van der Waals surface area contributed by atoms with Crippen LogP contribution in [0.1, 0.15) is 5.56 Å². The normalized spacial score (nSPS) is 10.4. The predicted octanol–water partition coefficient (Wildman–Crippen LogP) is 3.95. The van der Waals surface area contributed by atoms with Gasteiger partial charge in [0.15, 0.2) is 0 Å². The first-order valence-electron chi connectivity index (χ1n) is 7.14. The fraction of sp³-hybridized carbons (Fsp3) is 0.0625. The van der Waals surface area contributed by atoms with Crippen molar-refractivity contribution in [1.29, 1.82) is 0 Å². The molecule has 0 spiro atoms. The molecule has 3 aromatic rings. The second-order valence-electron chi connectivity index (χ2n) is 5.05. The second-order valence-corrected chi connectivity index (χ2v) is 6.43. The minimum Gasteiger partial charge on any atom is -0.300 e. The average Bonchev–Trinajstić information content (AvgIpc) is 3.04. The summed E-state index contributed by atoms with van der Waals surface area (Å²) in [5, 5.41) is 22.3. The van der Waals surface area contributed by atoms with Crippen molar-refractivity contribution in [3.8, 4) is 10.6 Å². The summed E-state index contributed by atoms with van der Waals surface area (Å²) in [7, 11) is 0. The standard InChI is InChI=1S/C16H11ClN4O3S/c17-12-7-6-11(9-13(12)21(23)24)15-19-20-16(25-15)18-14(22)8-10-4-2-1-3-5-10/h1-7,9H,8H2,(H,18,20,22). The van der Waals surface area contributed by atoms with Crippen LogP contribution in [0.15, 0.2) is 48.5 Å². The van der Waals surface area contributed by atoms with Gasteiger partial charge in [0.1, 0.15) is 10.0 Å². The van der Waals surface area contributed by atoms with Gasteiger partial charge in [-0.15, -0.1) is 10.2 Å². The van der Waals surface area contributed by atoms with E-state index >= 15 is 0 Å². The zero-order valence-electron chi connectivity index (χ0n) is 12.7. The molecule has 0 aliphatic heterocycles. The third-order valence-electron chi connectivity index (χ3n) is 3.27. The van der Waals surface area contributed by atoms with Crippen molar-refractivity contribution in [1.82, 2.24) is 10.2 Å². The summed E-state index contributed by atoms with van der Waals surface area (Å²) in [6.45, 7) is 0. The summed E-state index contributed by atoms with van der Waals surface area (Å²) in [5.41, 5.74) is 1.19. The van der Waals surface area contributed by atoms with Crippen LogP contribution in [0.3, 0.4) is 0 Å². The lowest BCUT2D eigenvalue weighted by Crippen LogP contribution is -2.14. The highest BCUT2D eigenvalue weighted by Crippen LogP contribution is 2.32. The third-order valence-corrected chi connectivity index (χ3v) is 4.48. The fourth-order valence-corrected chi connectivity index (χ4v) is 3.06. The number of carbonyl (C=O) groups excluding carboxylic acids is 1. The smallest absolute Gasteiger partial charge is 0.288 e. The predicted molar refractivity (Wildman–Crippen MR) is 95.8 cm³/mol. The topological polar surface area (TPSA) is 98.0 Å². The van der Waals surface area contributed by atoms with Gasteiger partial charge < -0.3 is 5.32 Å². The van der Waals surface area contributed by atoms with E-state index in [9.17, 15) is 14.9 Å². The number of hydrogen-bond donors (Lipinski definition) is 1. The Kier molecular flexibility index (Phi) is 5.01. The zero-order valence-corrected chi connectivity index (χ0v) is 14.3. The van der Waals surface area contributed by atoms with E-state index in [-0.39, 0.29) is 23.0 Å². The van der Waals surface area contributed by atoms with Gasteiger partial charge >= 0.3 is 0 Å². The number of nitro groups is 1. The summed E-state index contributed by atoms with van der Waals surface area (Å²) in [6, 6.07) is 13.7. The van der Waals surface area contributed by atoms with Crippen LogP contribution in [0.4, 0.5) is 10.8 Å². The minimum absolute atomic E-state index is 0.0506. The van der Waals surface area contributed by atoms with Gasteiger partial charge in [-0.1, -0.05) is 53.3 Å². The van der Waals surface area contributed by atoms with Gasteiger partial charge in [-0.3, -0.25) is 14.9 Å². The molecule has 1 aromatic heterocycles. The summed E-state index contributed by atoms with van der Waals surface area (Å²) in [6.07, 6.45) is 0.224. The first kappa shape index (κ1) is 17.0. The zero-order chi connectivity index (χ0) is 17.8. The molecular weight excluding hydrogens is 364 g/mol. The highest BCUT2D eigenvalue weighted by molar-refractivity contribution is 7.18. The van der Waals surface area contributed by atoms with Crippen LogP contribution in [-0.4, -0.2) is 21.0 Å². The third kappa shape index (κ3) is 4.17. The first-order chi connectivity index (χ1) is 12.0. The number of carbonyl (C=O) groups is 1. The van der Waals surface area contributed by atoms with E-state index < -0.39 is 4.92 Å². The van der Waals surface area contributed by atoms with Crippen molar-refractivity contribution in [2.45, 2.75) is 6.42 Å². The number of amides is 1. The second kappa shape index (κ2) is 7.37. The summed E-state index contributed by atoms with van der Waals surface area (Å²) in [5.74, 6) is -0.212. The maximum absolute atomic E-state index is 12.0. The molecule has 1 heterocycles. The molecule has 0 aliphatic carbocycles. The van der Waals surface area contributed by atoms with Gasteiger partial charge in [0.25, 0.3) is 5.69 Å². The van der Waals surface area contributed by atoms with E-state index in [0.717, 1.165) is 16.9 Å². The van der Waals surface area contributed by atoms with Crippen LogP contribution in [-0.2, 0) is 11.2 Å². The van der Waals surface area contributed by atoms with E-state index in [4.69, 9.17) is 11.6 Å². The van der Waals surface area contributed by atoms with Gasteiger partial charge in [0.05, 0.1) is 11.3 Å². The van der Waals surface area contributed by atoms with Gasteiger partial charge in [-0.25, -0.2) is 0 Å². The molecule has 0 aliphatic rings. The van der Waals surface area contributed by atoms with Crippen LogP contribution in [0.25, 0.3) is 10.6 Å². The van der Waals surface area contributed by atoms with Crippen molar-refractivity contribution >= 4 is 39.7 Å². The van der Waals surface area contributed by atoms with Gasteiger partial charge in [-0.05, 0) is 17.7 Å². The Bertz CT molecular complexity index is 930. The van der Waals surface area contributed by atoms with Gasteiger partial charge in [0, 0.05) is 11.6 Å². The van der Waals surface area contributed by atoms with Gasteiger partial charge in [0.2, 0.25) is 11.0 Å². The Balaban J connectivity index is 1.73. The van der Waals surface area contributed by atoms with Crippen LogP contribution in [0.5, 0.6) is 0 Å². The number of nitrogens with one attached hydrogen (secondary N) is 1. The molecule has 3 rings (SSSR count). The fourth-order valence-electron chi connectivity index (χ4n) is 2.12. The Labute approximate surface area is 151 Å². The first-order valence-corrected chi connectivity index (χ1v) is 8.34. The van der Waals surface area contributed by atoms with E-state index in [1.807, 2.05) is 30.3 Å². The van der Waals surface area contributed by atoms with Crippen molar-refractivity contribution in [3.05, 3.63) is 69.2 Å². The lowest BCUT2D eigenvalue weighted by atomic mass is 10.1. The lowest BCUT2D eigenvalue weighted by Gasteiger charge is -2.01. The van der Waals surface area contributed by atoms with E-state index in [1.54, 1.807) is 6.07 Å². The Morgan fingerprint density at radius 3 is 2.68 bits per heavy atom. The molecule has 7 nitrogen and oxygen atoms in total. The number of anilines is 1. The van der Waals surface area contributed by atoms with Crippen LogP contribution in [0, 0.1) is 10.1 Å². The number of nitro benzene ring substituents is 1. The number of aromatic nitrogens is 2. The number of benzene rings is 2. The van der Waals surface area contributed by atoms with Crippen molar-refractivity contribution in [3.63, 3.8) is 0 Å². The Hall–Kier alpha value is -2.84. The molecule has 0 atom stereocenters. The quantitative estimate of drug-likeness (QED) is 0.538. The molecule has 1 N–H and O–H groups in total. The molecule has 2 aromatic carbocycles. The molecule has 0 saturated carbocycles. The Morgan fingerprint density at radius 2 is 1.96 bits per heavy atom. The van der Waals surface area contributed by atoms with Crippen molar-refractivity contribution < 1.29 is 9.72 Å². The summed E-state index contributed by atoms with van der Waals surface area (Å²) in [4.78, 5) is 22.4. The highest BCUT2D eigenvalue weighted by Gasteiger charge is 2.16. The molecule has 0 unspecified atom stereocenters. The monoisotopic (exact) mass is 374 g/mol. The molecule has 0 radical (unpaired) electrons. The summed E-state index contributed by atoms with van der Waals surface area (Å²) < 4.78 is 0. The maximum Gasteiger partial charge on any atom is 0.288 e. The molecule has 126 valence electrons. The van der Waals surface area contributed by atoms with Crippen molar-refractivity contribution in [2.75, 3.05) is 5.32 Å². The van der Waals surface area contributed by atoms with Crippen LogP contribution < -0.4 is 5.32 Å². The van der Waals surface area contributed by atoms with Crippen molar-refractivity contribution in [2.24, 2.45) is 0 Å². The summed E-state index contributed by atoms with van der Waals surface area (Å²) >= 11 is 6.93. The maximum atomic E-state index is 12.0. The van der Waals surface area contributed by atoms with E-state index in [2.05, 4.69) is 15.5 Å². The molecule has 1 amide bonds. The number of halogens is 1. The SMILES string of the molecule is O=C(Cc1ccccc1)Nc1nnc(-c2ccc(Cl)c([N+](=O)[O-])c2)s1. The molecule has 9 heteroatoms. The molecular formula is C16H11ClN4O3S. The van der Waals surface area contributed by atoms with Gasteiger partial charge in [-0.2, -0.15) is 0 Å². The number of nitrogens with zero attached hydrogens (tertiary/aromatic N) is 3. The molecule has 0 fully saturated rings. The van der Waals surface area contributed by atoms with E-state index in [1.165, 1.54) is 12.1 Å².